The Labute approximate surface area is 111 Å². The molecule has 0 radical (unpaired) electrons. The summed E-state index contributed by atoms with van der Waals surface area (Å²) >= 11 is 0. The predicted molar refractivity (Wildman–Crippen MR) is 74.0 cm³/mol. The maximum atomic E-state index is 12.4. The molecule has 1 saturated carbocycles. The van der Waals surface area contributed by atoms with Crippen LogP contribution in [-0.4, -0.2) is 43.6 Å². The molecule has 106 valence electrons. The largest absolute Gasteiger partial charge is 0.309 e. The SMILES string of the molecule is CC1(C)CN(S(=O)(=O)CC2CCCCC2)CCN1. The molecule has 18 heavy (non-hydrogen) atoms. The molecule has 2 rings (SSSR count). The van der Waals surface area contributed by atoms with Crippen LogP contribution in [0.1, 0.15) is 46.0 Å². The second-order valence-electron chi connectivity index (χ2n) is 6.43. The van der Waals surface area contributed by atoms with Crippen molar-refractivity contribution in [3.8, 4) is 0 Å². The molecule has 0 spiro atoms. The lowest BCUT2D eigenvalue weighted by Gasteiger charge is -2.39. The van der Waals surface area contributed by atoms with Crippen molar-refractivity contribution in [1.82, 2.24) is 9.62 Å². The highest BCUT2D eigenvalue weighted by atomic mass is 32.2. The van der Waals surface area contributed by atoms with Crippen LogP contribution < -0.4 is 5.32 Å². The van der Waals surface area contributed by atoms with Gasteiger partial charge in [-0.1, -0.05) is 19.3 Å². The Morgan fingerprint density at radius 3 is 2.50 bits per heavy atom. The summed E-state index contributed by atoms with van der Waals surface area (Å²) in [5, 5.41) is 3.36. The number of piperazine rings is 1. The lowest BCUT2D eigenvalue weighted by molar-refractivity contribution is 0.231. The molecule has 0 bridgehead atoms. The van der Waals surface area contributed by atoms with Crippen LogP contribution in [0, 0.1) is 5.92 Å². The molecule has 2 aliphatic rings. The molecule has 1 heterocycles. The molecule has 1 aliphatic heterocycles. The Bertz CT molecular complexity index is 372. The Balaban J connectivity index is 1.97. The zero-order valence-electron chi connectivity index (χ0n) is 11.6. The van der Waals surface area contributed by atoms with Crippen LogP contribution in [0.2, 0.25) is 0 Å². The van der Waals surface area contributed by atoms with Gasteiger partial charge in [-0.3, -0.25) is 0 Å². The zero-order chi connectivity index (χ0) is 13.2. The van der Waals surface area contributed by atoms with Crippen LogP contribution in [0.5, 0.6) is 0 Å². The fourth-order valence-corrected chi connectivity index (χ4v) is 5.12. The summed E-state index contributed by atoms with van der Waals surface area (Å²) in [6, 6.07) is 0. The van der Waals surface area contributed by atoms with Gasteiger partial charge in [-0.05, 0) is 32.6 Å². The number of hydrogen-bond acceptors (Lipinski definition) is 3. The van der Waals surface area contributed by atoms with Crippen molar-refractivity contribution in [3.63, 3.8) is 0 Å². The van der Waals surface area contributed by atoms with Gasteiger partial charge in [-0.25, -0.2) is 8.42 Å². The van der Waals surface area contributed by atoms with Gasteiger partial charge >= 0.3 is 0 Å². The van der Waals surface area contributed by atoms with E-state index >= 15 is 0 Å². The third kappa shape index (κ3) is 3.68. The van der Waals surface area contributed by atoms with E-state index in [1.807, 2.05) is 0 Å². The molecule has 1 aliphatic carbocycles. The Morgan fingerprint density at radius 1 is 1.22 bits per heavy atom. The highest BCUT2D eigenvalue weighted by Crippen LogP contribution is 2.26. The minimum Gasteiger partial charge on any atom is -0.309 e. The Kier molecular flexibility index (Phi) is 4.34. The van der Waals surface area contributed by atoms with E-state index in [4.69, 9.17) is 0 Å². The number of nitrogens with zero attached hydrogens (tertiary/aromatic N) is 1. The number of sulfonamides is 1. The molecule has 4 nitrogen and oxygen atoms in total. The van der Waals surface area contributed by atoms with E-state index in [2.05, 4.69) is 19.2 Å². The Morgan fingerprint density at radius 2 is 1.89 bits per heavy atom. The van der Waals surface area contributed by atoms with Crippen molar-refractivity contribution in [3.05, 3.63) is 0 Å². The minimum absolute atomic E-state index is 0.0993. The van der Waals surface area contributed by atoms with E-state index in [1.165, 1.54) is 19.3 Å². The van der Waals surface area contributed by atoms with E-state index in [0.29, 0.717) is 24.8 Å². The maximum absolute atomic E-state index is 12.4. The molecule has 2 fully saturated rings. The molecule has 0 aromatic heterocycles. The molecule has 1 saturated heterocycles. The fraction of sp³-hybridized carbons (Fsp3) is 1.00. The highest BCUT2D eigenvalue weighted by Gasteiger charge is 2.34. The molecular formula is C13H26N2O2S. The van der Waals surface area contributed by atoms with Crippen molar-refractivity contribution in [2.75, 3.05) is 25.4 Å². The quantitative estimate of drug-likeness (QED) is 0.850. The summed E-state index contributed by atoms with van der Waals surface area (Å²) in [4.78, 5) is 0. The topological polar surface area (TPSA) is 49.4 Å². The smallest absolute Gasteiger partial charge is 0.214 e. The molecular weight excluding hydrogens is 248 g/mol. The average Bonchev–Trinajstić information content (AvgIpc) is 2.28. The van der Waals surface area contributed by atoms with Crippen LogP contribution >= 0.6 is 0 Å². The van der Waals surface area contributed by atoms with Gasteiger partial charge in [-0.2, -0.15) is 4.31 Å². The first-order chi connectivity index (χ1) is 8.39. The molecule has 0 aromatic rings. The third-order valence-corrected chi connectivity index (χ3v) is 6.09. The summed E-state index contributed by atoms with van der Waals surface area (Å²) in [6.07, 6.45) is 5.86. The van der Waals surface area contributed by atoms with Gasteiger partial charge in [0.25, 0.3) is 0 Å². The van der Waals surface area contributed by atoms with Gasteiger partial charge in [0.1, 0.15) is 0 Å². The molecule has 5 heteroatoms. The molecule has 0 unspecified atom stereocenters. The Hall–Kier alpha value is -0.130. The van der Waals surface area contributed by atoms with Gasteiger partial charge in [0, 0.05) is 25.2 Å². The third-order valence-electron chi connectivity index (χ3n) is 4.10. The number of nitrogens with one attached hydrogen (secondary N) is 1. The lowest BCUT2D eigenvalue weighted by atomic mass is 9.91. The summed E-state index contributed by atoms with van der Waals surface area (Å²) in [5.41, 5.74) is -0.0993. The summed E-state index contributed by atoms with van der Waals surface area (Å²) in [6.45, 7) is 6.11. The van der Waals surface area contributed by atoms with Crippen molar-refractivity contribution < 1.29 is 8.42 Å². The lowest BCUT2D eigenvalue weighted by Crippen LogP contribution is -2.58. The fourth-order valence-electron chi connectivity index (χ4n) is 3.09. The van der Waals surface area contributed by atoms with E-state index in [1.54, 1.807) is 4.31 Å². The van der Waals surface area contributed by atoms with Crippen molar-refractivity contribution in [2.45, 2.75) is 51.5 Å². The minimum atomic E-state index is -3.06. The van der Waals surface area contributed by atoms with Gasteiger partial charge < -0.3 is 5.32 Å². The molecule has 1 N–H and O–H groups in total. The van der Waals surface area contributed by atoms with E-state index in [9.17, 15) is 8.42 Å². The molecule has 0 atom stereocenters. The van der Waals surface area contributed by atoms with Crippen molar-refractivity contribution in [2.24, 2.45) is 5.92 Å². The van der Waals surface area contributed by atoms with E-state index < -0.39 is 10.0 Å². The summed E-state index contributed by atoms with van der Waals surface area (Å²) in [5.74, 6) is 0.755. The van der Waals surface area contributed by atoms with Crippen LogP contribution in [0.3, 0.4) is 0 Å². The maximum Gasteiger partial charge on any atom is 0.214 e. The number of hydrogen-bond donors (Lipinski definition) is 1. The summed E-state index contributed by atoms with van der Waals surface area (Å²) in [7, 11) is -3.06. The monoisotopic (exact) mass is 274 g/mol. The molecule has 0 aromatic carbocycles. The zero-order valence-corrected chi connectivity index (χ0v) is 12.4. The number of rotatable bonds is 3. The molecule has 0 amide bonds. The average molecular weight is 274 g/mol. The van der Waals surface area contributed by atoms with Crippen LogP contribution in [0.15, 0.2) is 0 Å². The second-order valence-corrected chi connectivity index (χ2v) is 8.44. The van der Waals surface area contributed by atoms with Gasteiger partial charge in [0.15, 0.2) is 0 Å². The van der Waals surface area contributed by atoms with Gasteiger partial charge in [0.2, 0.25) is 10.0 Å². The standard InChI is InChI=1S/C13H26N2O2S/c1-13(2)11-15(9-8-14-13)18(16,17)10-12-6-4-3-5-7-12/h12,14H,3-11H2,1-2H3. The first kappa shape index (κ1) is 14.3. The normalized spacial score (nSPS) is 27.2. The predicted octanol–water partition coefficient (Wildman–Crippen LogP) is 1.58. The second kappa shape index (κ2) is 5.47. The van der Waals surface area contributed by atoms with Gasteiger partial charge in [-0.15, -0.1) is 0 Å². The van der Waals surface area contributed by atoms with Crippen LogP contribution in [0.4, 0.5) is 0 Å². The first-order valence-corrected chi connectivity index (χ1v) is 8.73. The van der Waals surface area contributed by atoms with Crippen molar-refractivity contribution >= 4 is 10.0 Å². The van der Waals surface area contributed by atoms with Crippen molar-refractivity contribution in [1.29, 1.82) is 0 Å². The van der Waals surface area contributed by atoms with E-state index in [0.717, 1.165) is 19.4 Å². The van der Waals surface area contributed by atoms with Crippen LogP contribution in [-0.2, 0) is 10.0 Å². The highest BCUT2D eigenvalue weighted by molar-refractivity contribution is 7.89. The van der Waals surface area contributed by atoms with Crippen LogP contribution in [0.25, 0.3) is 0 Å². The van der Waals surface area contributed by atoms with Gasteiger partial charge in [0.05, 0.1) is 5.75 Å². The van der Waals surface area contributed by atoms with E-state index in [-0.39, 0.29) is 5.54 Å². The first-order valence-electron chi connectivity index (χ1n) is 7.12. The summed E-state index contributed by atoms with van der Waals surface area (Å²) < 4.78 is 26.6.